The highest BCUT2D eigenvalue weighted by Crippen LogP contribution is 2.36. The Balaban J connectivity index is 3.37. The van der Waals surface area contributed by atoms with Gasteiger partial charge in [-0.15, -0.1) is 0 Å². The Morgan fingerprint density at radius 2 is 1.00 bits per heavy atom. The first-order valence-electron chi connectivity index (χ1n) is 11.9. The van der Waals surface area contributed by atoms with Gasteiger partial charge in [0.1, 0.15) is 0 Å². The van der Waals surface area contributed by atoms with Crippen LogP contribution in [0.5, 0.6) is 0 Å². The lowest BCUT2D eigenvalue weighted by Gasteiger charge is -2.35. The number of rotatable bonds is 17. The summed E-state index contributed by atoms with van der Waals surface area (Å²) in [4.78, 5) is 12.1. The lowest BCUT2D eigenvalue weighted by molar-refractivity contribution is -0.135. The molecule has 0 fully saturated rings. The quantitative estimate of drug-likeness (QED) is 0.181. The Hall–Kier alpha value is -0.313. The molecule has 0 bridgehead atoms. The Kier molecular flexibility index (Phi) is 15.4. The van der Waals surface area contributed by atoms with Crippen LogP contribution in [0.1, 0.15) is 130 Å². The molecule has 3 heteroatoms. The van der Waals surface area contributed by atoms with Crippen LogP contribution in [0.4, 0.5) is 0 Å². The van der Waals surface area contributed by atoms with Crippen LogP contribution in [0, 0.1) is 0 Å². The van der Waals surface area contributed by atoms with Gasteiger partial charge in [0, 0.05) is 6.42 Å². The Morgan fingerprint density at radius 3 is 1.33 bits per heavy atom. The van der Waals surface area contributed by atoms with Gasteiger partial charge in [0.05, 0.1) is 0 Å². The summed E-state index contributed by atoms with van der Waals surface area (Å²) < 4.78 is 5.82. The van der Waals surface area contributed by atoms with Gasteiger partial charge >= 0.3 is 0 Å². The first-order valence-corrected chi connectivity index (χ1v) is 14.8. The van der Waals surface area contributed by atoms with E-state index in [4.69, 9.17) is 4.43 Å². The van der Waals surface area contributed by atoms with Gasteiger partial charge in [-0.3, -0.25) is 4.79 Å². The summed E-state index contributed by atoms with van der Waals surface area (Å²) in [5.74, 6) is 0.0243. The van der Waals surface area contributed by atoms with Crippen molar-refractivity contribution in [1.82, 2.24) is 0 Å². The van der Waals surface area contributed by atoms with Crippen molar-refractivity contribution >= 4 is 14.3 Å². The van der Waals surface area contributed by atoms with E-state index in [0.29, 0.717) is 6.42 Å². The average molecular weight is 399 g/mol. The van der Waals surface area contributed by atoms with E-state index in [2.05, 4.69) is 40.8 Å². The second-order valence-electron chi connectivity index (χ2n) is 9.93. The highest BCUT2D eigenvalue weighted by Gasteiger charge is 2.40. The second kappa shape index (κ2) is 15.6. The number of hydrogen-bond donors (Lipinski definition) is 0. The molecule has 0 rings (SSSR count). The maximum atomic E-state index is 12.1. The van der Waals surface area contributed by atoms with Gasteiger partial charge in [0.25, 0.3) is 14.3 Å². The summed E-state index contributed by atoms with van der Waals surface area (Å²) >= 11 is 0. The van der Waals surface area contributed by atoms with Crippen LogP contribution in [-0.2, 0) is 9.22 Å². The molecule has 0 radical (unpaired) electrons. The molecule has 0 aliphatic carbocycles. The molecule has 0 N–H and O–H groups in total. The van der Waals surface area contributed by atoms with Crippen molar-refractivity contribution in [3.05, 3.63) is 0 Å². The fourth-order valence-corrected chi connectivity index (χ4v) is 4.11. The molecule has 0 atom stereocenters. The zero-order valence-corrected chi connectivity index (χ0v) is 20.6. The number of unbranched alkanes of at least 4 members (excludes halogenated alkanes) is 14. The lowest BCUT2D eigenvalue weighted by atomic mass is 10.0. The highest BCUT2D eigenvalue weighted by molar-refractivity contribution is 6.75. The molecule has 0 amide bonds. The van der Waals surface area contributed by atoms with Crippen LogP contribution in [0.15, 0.2) is 0 Å². The highest BCUT2D eigenvalue weighted by atomic mass is 28.4. The summed E-state index contributed by atoms with van der Waals surface area (Å²) in [6, 6.07) is 0. The summed E-state index contributed by atoms with van der Waals surface area (Å²) in [6.45, 7) is 13.1. The van der Waals surface area contributed by atoms with Crippen molar-refractivity contribution in [1.29, 1.82) is 0 Å². The molecule has 27 heavy (non-hydrogen) atoms. The molecule has 0 saturated carbocycles. The van der Waals surface area contributed by atoms with Crippen molar-refractivity contribution in [2.24, 2.45) is 0 Å². The number of carbonyl (C=O) groups is 1. The third kappa shape index (κ3) is 15.3. The molecule has 0 aliphatic rings. The molecule has 0 aliphatic heterocycles. The maximum Gasteiger partial charge on any atom is 0.292 e. The first kappa shape index (κ1) is 26.7. The largest absolute Gasteiger partial charge is 0.519 e. The van der Waals surface area contributed by atoms with Crippen molar-refractivity contribution in [2.45, 2.75) is 149 Å². The molecular weight excluding hydrogens is 348 g/mol. The van der Waals surface area contributed by atoms with Gasteiger partial charge in [0.2, 0.25) is 0 Å². The van der Waals surface area contributed by atoms with Crippen LogP contribution < -0.4 is 0 Å². The van der Waals surface area contributed by atoms with Crippen LogP contribution in [0.25, 0.3) is 0 Å². The number of carbonyl (C=O) groups excluding carboxylic acids is 1. The van der Waals surface area contributed by atoms with Crippen LogP contribution in [-0.4, -0.2) is 14.3 Å². The zero-order chi connectivity index (χ0) is 20.6. The van der Waals surface area contributed by atoms with Crippen LogP contribution in [0.3, 0.4) is 0 Å². The van der Waals surface area contributed by atoms with Gasteiger partial charge in [-0.05, 0) is 24.6 Å². The third-order valence-corrected chi connectivity index (χ3v) is 10.5. The van der Waals surface area contributed by atoms with Crippen molar-refractivity contribution in [2.75, 3.05) is 0 Å². The molecule has 0 spiro atoms. The fraction of sp³-hybridized carbons (Fsp3) is 0.958. The van der Waals surface area contributed by atoms with Crippen LogP contribution in [0.2, 0.25) is 18.1 Å². The van der Waals surface area contributed by atoms with Gasteiger partial charge < -0.3 is 4.43 Å². The Labute approximate surface area is 172 Å². The zero-order valence-electron chi connectivity index (χ0n) is 19.6. The molecule has 0 saturated heterocycles. The van der Waals surface area contributed by atoms with Gasteiger partial charge in [-0.25, -0.2) is 0 Å². The van der Waals surface area contributed by atoms with E-state index in [1.54, 1.807) is 0 Å². The maximum absolute atomic E-state index is 12.1. The smallest absolute Gasteiger partial charge is 0.292 e. The molecule has 162 valence electrons. The normalized spacial score (nSPS) is 12.4. The van der Waals surface area contributed by atoms with E-state index >= 15 is 0 Å². The summed E-state index contributed by atoms with van der Waals surface area (Å²) in [5, 5.41) is 0.109. The average Bonchev–Trinajstić information content (AvgIpc) is 2.57. The molecule has 0 aromatic carbocycles. The van der Waals surface area contributed by atoms with Crippen molar-refractivity contribution < 1.29 is 9.22 Å². The SMILES string of the molecule is CCCCCCCCCCCCCCCCCC(=O)O[Si](C)(C)C(C)(C)C. The second-order valence-corrected chi connectivity index (χ2v) is 14.7. The van der Waals surface area contributed by atoms with Gasteiger partial charge in [-0.1, -0.05) is 118 Å². The standard InChI is InChI=1S/C24H50O2Si/c1-7-8-9-10-11-12-13-14-15-16-17-18-19-20-21-22-23(25)26-27(5,6)24(2,3)4/h7-22H2,1-6H3. The molecule has 0 aromatic rings. The summed E-state index contributed by atoms with van der Waals surface area (Å²) in [5.41, 5.74) is 0. The minimum absolute atomic E-state index is 0.0243. The van der Waals surface area contributed by atoms with Crippen molar-refractivity contribution in [3.8, 4) is 0 Å². The van der Waals surface area contributed by atoms with Gasteiger partial charge in [0.15, 0.2) is 0 Å². The van der Waals surface area contributed by atoms with Gasteiger partial charge in [-0.2, -0.15) is 0 Å². The summed E-state index contributed by atoms with van der Waals surface area (Å²) in [6.07, 6.45) is 20.9. The molecule has 0 heterocycles. The van der Waals surface area contributed by atoms with E-state index in [0.717, 1.165) is 6.42 Å². The van der Waals surface area contributed by atoms with E-state index < -0.39 is 8.32 Å². The third-order valence-electron chi connectivity index (χ3n) is 6.16. The Bertz CT molecular complexity index is 358. The monoisotopic (exact) mass is 398 g/mol. The van der Waals surface area contributed by atoms with E-state index in [-0.39, 0.29) is 11.0 Å². The first-order chi connectivity index (χ1) is 12.7. The predicted octanol–water partition coefficient (Wildman–Crippen LogP) is 8.80. The molecule has 0 aromatic heterocycles. The summed E-state index contributed by atoms with van der Waals surface area (Å²) in [7, 11) is -1.93. The predicted molar refractivity (Wildman–Crippen MR) is 123 cm³/mol. The van der Waals surface area contributed by atoms with E-state index in [1.165, 1.54) is 89.9 Å². The molecule has 0 unspecified atom stereocenters. The minimum Gasteiger partial charge on any atom is -0.519 e. The van der Waals surface area contributed by atoms with Crippen molar-refractivity contribution in [3.63, 3.8) is 0 Å². The number of hydrogen-bond acceptors (Lipinski definition) is 2. The lowest BCUT2D eigenvalue weighted by Crippen LogP contribution is -2.42. The van der Waals surface area contributed by atoms with E-state index in [9.17, 15) is 4.79 Å². The topological polar surface area (TPSA) is 26.3 Å². The molecular formula is C24H50O2Si. The molecule has 2 nitrogen and oxygen atoms in total. The fourth-order valence-electron chi connectivity index (χ4n) is 3.13. The Morgan fingerprint density at radius 1 is 0.667 bits per heavy atom. The van der Waals surface area contributed by atoms with E-state index in [1.807, 2.05) is 0 Å². The minimum atomic E-state index is -1.93. The van der Waals surface area contributed by atoms with Crippen LogP contribution >= 0.6 is 0 Å².